The summed E-state index contributed by atoms with van der Waals surface area (Å²) >= 11 is 3.44. The lowest BCUT2D eigenvalue weighted by Gasteiger charge is -2.08. The van der Waals surface area contributed by atoms with Crippen molar-refractivity contribution in [1.82, 2.24) is 4.98 Å². The Bertz CT molecular complexity index is 582. The molecule has 0 atom stereocenters. The zero-order valence-corrected chi connectivity index (χ0v) is 11.2. The van der Waals surface area contributed by atoms with Crippen LogP contribution < -0.4 is 5.32 Å². The maximum absolute atomic E-state index is 10.7. The molecular formula is C13H11BrN2O2. The van der Waals surface area contributed by atoms with Crippen LogP contribution in [0.2, 0.25) is 0 Å². The molecule has 1 heterocycles. The van der Waals surface area contributed by atoms with Crippen LogP contribution in [-0.4, -0.2) is 16.1 Å². The largest absolute Gasteiger partial charge is 0.478 e. The van der Waals surface area contributed by atoms with Crippen molar-refractivity contribution in [2.45, 2.75) is 6.92 Å². The number of carbonyl (C=O) groups is 1. The molecular weight excluding hydrogens is 296 g/mol. The lowest BCUT2D eigenvalue weighted by atomic mass is 10.2. The summed E-state index contributed by atoms with van der Waals surface area (Å²) in [5.41, 5.74) is 2.19. The number of hydrogen-bond donors (Lipinski definition) is 2. The predicted octanol–water partition coefficient (Wildman–Crippen LogP) is 3.59. The van der Waals surface area contributed by atoms with Gasteiger partial charge in [0.1, 0.15) is 5.82 Å². The third-order valence-corrected chi connectivity index (χ3v) is 3.09. The van der Waals surface area contributed by atoms with E-state index in [4.69, 9.17) is 5.11 Å². The van der Waals surface area contributed by atoms with Gasteiger partial charge in [-0.3, -0.25) is 0 Å². The first-order chi connectivity index (χ1) is 8.56. The summed E-state index contributed by atoms with van der Waals surface area (Å²) in [5, 5.41) is 11.9. The summed E-state index contributed by atoms with van der Waals surface area (Å²) < 4.78 is 0.928. The van der Waals surface area contributed by atoms with Crippen LogP contribution in [-0.2, 0) is 0 Å². The van der Waals surface area contributed by atoms with Crippen LogP contribution in [0.4, 0.5) is 11.5 Å². The highest BCUT2D eigenvalue weighted by Crippen LogP contribution is 2.26. The van der Waals surface area contributed by atoms with Crippen molar-refractivity contribution < 1.29 is 9.90 Å². The van der Waals surface area contributed by atoms with Gasteiger partial charge in [0.25, 0.3) is 0 Å². The maximum atomic E-state index is 10.7. The Labute approximate surface area is 113 Å². The number of nitrogens with one attached hydrogen (secondary N) is 1. The van der Waals surface area contributed by atoms with Gasteiger partial charge in [-0.2, -0.15) is 0 Å². The van der Waals surface area contributed by atoms with E-state index in [-0.39, 0.29) is 5.56 Å². The number of hydrogen-bond acceptors (Lipinski definition) is 3. The minimum absolute atomic E-state index is 0.170. The Kier molecular flexibility index (Phi) is 3.62. The molecule has 2 aromatic rings. The van der Waals surface area contributed by atoms with E-state index in [2.05, 4.69) is 26.2 Å². The van der Waals surface area contributed by atoms with Crippen LogP contribution >= 0.6 is 15.9 Å². The molecule has 0 saturated carbocycles. The Morgan fingerprint density at radius 3 is 2.72 bits per heavy atom. The Balaban J connectivity index is 2.23. The van der Waals surface area contributed by atoms with E-state index in [0.29, 0.717) is 5.82 Å². The fourth-order valence-electron chi connectivity index (χ4n) is 1.47. The highest BCUT2D eigenvalue weighted by atomic mass is 79.9. The summed E-state index contributed by atoms with van der Waals surface area (Å²) in [6.07, 6.45) is 1.33. The number of halogens is 1. The van der Waals surface area contributed by atoms with E-state index in [1.807, 2.05) is 25.1 Å². The van der Waals surface area contributed by atoms with E-state index in [1.165, 1.54) is 12.3 Å². The van der Waals surface area contributed by atoms with E-state index < -0.39 is 5.97 Å². The lowest BCUT2D eigenvalue weighted by Crippen LogP contribution is -1.99. The fraction of sp³-hybridized carbons (Fsp3) is 0.0769. The average Bonchev–Trinajstić information content (AvgIpc) is 2.34. The molecule has 4 nitrogen and oxygen atoms in total. The molecule has 0 saturated heterocycles. The van der Waals surface area contributed by atoms with Gasteiger partial charge in [-0.15, -0.1) is 0 Å². The molecule has 0 fully saturated rings. The second kappa shape index (κ2) is 5.18. The average molecular weight is 307 g/mol. The number of benzene rings is 1. The quantitative estimate of drug-likeness (QED) is 0.909. The first-order valence-electron chi connectivity index (χ1n) is 5.29. The molecule has 1 aromatic heterocycles. The fourth-order valence-corrected chi connectivity index (χ4v) is 1.81. The maximum Gasteiger partial charge on any atom is 0.337 e. The molecule has 1 aromatic carbocycles. The number of aryl methyl sites for hydroxylation is 1. The second-order valence-corrected chi connectivity index (χ2v) is 4.70. The SMILES string of the molecule is Cc1ccc(Br)c(Nc2ccc(C(=O)O)cn2)c1. The first-order valence-corrected chi connectivity index (χ1v) is 6.08. The van der Waals surface area contributed by atoms with Gasteiger partial charge in [0.05, 0.1) is 11.3 Å². The minimum atomic E-state index is -0.981. The molecule has 0 unspecified atom stereocenters. The monoisotopic (exact) mass is 306 g/mol. The molecule has 0 aliphatic heterocycles. The van der Waals surface area contributed by atoms with Gasteiger partial charge in [0.2, 0.25) is 0 Å². The Morgan fingerprint density at radius 2 is 2.11 bits per heavy atom. The van der Waals surface area contributed by atoms with Gasteiger partial charge < -0.3 is 10.4 Å². The smallest absolute Gasteiger partial charge is 0.337 e. The standard InChI is InChI=1S/C13H11BrN2O2/c1-8-2-4-10(14)11(6-8)16-12-5-3-9(7-15-12)13(17)18/h2-7H,1H3,(H,15,16)(H,17,18). The van der Waals surface area contributed by atoms with Gasteiger partial charge in [-0.1, -0.05) is 6.07 Å². The van der Waals surface area contributed by atoms with Crippen LogP contribution in [0.3, 0.4) is 0 Å². The van der Waals surface area contributed by atoms with Crippen LogP contribution in [0.25, 0.3) is 0 Å². The summed E-state index contributed by atoms with van der Waals surface area (Å²) in [5.74, 6) is -0.378. The van der Waals surface area contributed by atoms with Crippen LogP contribution in [0.15, 0.2) is 41.0 Å². The predicted molar refractivity (Wildman–Crippen MR) is 73.4 cm³/mol. The molecule has 92 valence electrons. The van der Waals surface area contributed by atoms with Gasteiger partial charge in [0.15, 0.2) is 0 Å². The van der Waals surface area contributed by atoms with Crippen molar-refractivity contribution in [3.63, 3.8) is 0 Å². The van der Waals surface area contributed by atoms with E-state index in [9.17, 15) is 4.79 Å². The van der Waals surface area contributed by atoms with Gasteiger partial charge >= 0.3 is 5.97 Å². The molecule has 0 aliphatic rings. The van der Waals surface area contributed by atoms with Crippen LogP contribution in [0, 0.1) is 6.92 Å². The third kappa shape index (κ3) is 2.87. The normalized spacial score (nSPS) is 10.1. The van der Waals surface area contributed by atoms with Crippen LogP contribution in [0.1, 0.15) is 15.9 Å². The number of carboxylic acids is 1. The summed E-state index contributed by atoms with van der Waals surface area (Å²) in [6, 6.07) is 9.08. The Hall–Kier alpha value is -1.88. The molecule has 2 N–H and O–H groups in total. The lowest BCUT2D eigenvalue weighted by molar-refractivity contribution is 0.0696. The van der Waals surface area contributed by atoms with E-state index in [0.717, 1.165) is 15.7 Å². The number of rotatable bonds is 3. The van der Waals surface area contributed by atoms with Crippen molar-refractivity contribution in [3.8, 4) is 0 Å². The molecule has 0 radical (unpaired) electrons. The Morgan fingerprint density at radius 1 is 1.33 bits per heavy atom. The number of aromatic carboxylic acids is 1. The first kappa shape index (κ1) is 12.6. The number of carboxylic acid groups (broad SMARTS) is 1. The molecule has 18 heavy (non-hydrogen) atoms. The zero-order valence-electron chi connectivity index (χ0n) is 9.64. The molecule has 0 aliphatic carbocycles. The zero-order chi connectivity index (χ0) is 13.1. The van der Waals surface area contributed by atoms with E-state index >= 15 is 0 Å². The number of aromatic nitrogens is 1. The molecule has 0 bridgehead atoms. The molecule has 2 rings (SSSR count). The molecule has 0 amide bonds. The highest BCUT2D eigenvalue weighted by molar-refractivity contribution is 9.10. The number of anilines is 2. The summed E-state index contributed by atoms with van der Waals surface area (Å²) in [4.78, 5) is 14.8. The van der Waals surface area contributed by atoms with Gasteiger partial charge in [0, 0.05) is 10.7 Å². The number of nitrogens with zero attached hydrogens (tertiary/aromatic N) is 1. The van der Waals surface area contributed by atoms with Crippen molar-refractivity contribution >= 4 is 33.4 Å². The highest BCUT2D eigenvalue weighted by Gasteiger charge is 2.04. The second-order valence-electron chi connectivity index (χ2n) is 3.85. The van der Waals surface area contributed by atoms with Gasteiger partial charge in [-0.05, 0) is 52.7 Å². The van der Waals surface area contributed by atoms with Crippen molar-refractivity contribution in [3.05, 3.63) is 52.1 Å². The minimum Gasteiger partial charge on any atom is -0.478 e. The number of pyridine rings is 1. The van der Waals surface area contributed by atoms with Crippen molar-refractivity contribution in [1.29, 1.82) is 0 Å². The van der Waals surface area contributed by atoms with Crippen LogP contribution in [0.5, 0.6) is 0 Å². The topological polar surface area (TPSA) is 62.2 Å². The van der Waals surface area contributed by atoms with E-state index in [1.54, 1.807) is 6.07 Å². The molecule has 5 heteroatoms. The molecule has 0 spiro atoms. The third-order valence-electron chi connectivity index (χ3n) is 2.40. The summed E-state index contributed by atoms with van der Waals surface area (Å²) in [7, 11) is 0. The van der Waals surface area contributed by atoms with Crippen molar-refractivity contribution in [2.24, 2.45) is 0 Å². The summed E-state index contributed by atoms with van der Waals surface area (Å²) in [6.45, 7) is 2.00. The van der Waals surface area contributed by atoms with Gasteiger partial charge in [-0.25, -0.2) is 9.78 Å². The van der Waals surface area contributed by atoms with Crippen molar-refractivity contribution in [2.75, 3.05) is 5.32 Å².